The van der Waals surface area contributed by atoms with E-state index in [9.17, 15) is 4.39 Å². The van der Waals surface area contributed by atoms with Gasteiger partial charge < -0.3 is 14.6 Å². The summed E-state index contributed by atoms with van der Waals surface area (Å²) in [6.45, 7) is 3.11. The first-order chi connectivity index (χ1) is 18.7. The van der Waals surface area contributed by atoms with Crippen molar-refractivity contribution in [2.45, 2.75) is 25.8 Å². The van der Waals surface area contributed by atoms with E-state index in [1.165, 1.54) is 12.1 Å². The topological polar surface area (TPSA) is 90.6 Å². The monoisotopic (exact) mass is 507 g/mol. The summed E-state index contributed by atoms with van der Waals surface area (Å²) >= 11 is 0. The van der Waals surface area contributed by atoms with Crippen LogP contribution in [0.15, 0.2) is 79.0 Å². The first-order valence-corrected chi connectivity index (χ1v) is 12.7. The maximum atomic E-state index is 13.7. The summed E-state index contributed by atoms with van der Waals surface area (Å²) in [5.74, 6) is 1.67. The van der Waals surface area contributed by atoms with Crippen molar-refractivity contribution in [2.75, 3.05) is 18.5 Å². The zero-order chi connectivity index (χ0) is 25.9. The minimum absolute atomic E-state index is 0.0230. The van der Waals surface area contributed by atoms with Gasteiger partial charge in [-0.15, -0.1) is 10.2 Å². The van der Waals surface area contributed by atoms with Crippen molar-refractivity contribution in [3.8, 4) is 39.8 Å². The number of imidazole rings is 1. The maximum absolute atomic E-state index is 13.7. The molecule has 1 aliphatic heterocycles. The Morgan fingerprint density at radius 2 is 1.76 bits per heavy atom. The van der Waals surface area contributed by atoms with Crippen LogP contribution in [-0.2, 0) is 6.42 Å². The molecule has 9 heteroatoms. The van der Waals surface area contributed by atoms with Crippen LogP contribution in [0.3, 0.4) is 0 Å². The first kappa shape index (κ1) is 23.7. The summed E-state index contributed by atoms with van der Waals surface area (Å²) < 4.78 is 22.0. The van der Waals surface area contributed by atoms with Crippen molar-refractivity contribution >= 4 is 5.95 Å². The van der Waals surface area contributed by atoms with E-state index in [1.54, 1.807) is 18.3 Å². The number of ether oxygens (including phenoxy) is 1. The fourth-order valence-electron chi connectivity index (χ4n) is 4.76. The van der Waals surface area contributed by atoms with E-state index in [0.29, 0.717) is 25.0 Å². The molecule has 1 N–H and O–H groups in total. The molecule has 0 saturated carbocycles. The maximum Gasteiger partial charge on any atom is 0.233 e. The Morgan fingerprint density at radius 3 is 2.53 bits per heavy atom. The standard InChI is InChI=1S/C29H26FN7O/c1-2-31-29-32-17-16-24(33-29)28-27(20-8-10-21(30)11-9-20)34-25-14-12-22(37(25)28)18-38-26-15-13-23(35-36-26)19-6-4-3-5-7-19/h3-11,13,15-17,22H,2,12,14,18H2,1H3,(H,31,32,33). The van der Waals surface area contributed by atoms with Crippen molar-refractivity contribution < 1.29 is 9.13 Å². The van der Waals surface area contributed by atoms with Gasteiger partial charge in [-0.2, -0.15) is 0 Å². The zero-order valence-electron chi connectivity index (χ0n) is 20.9. The van der Waals surface area contributed by atoms with Crippen molar-refractivity contribution in [1.29, 1.82) is 0 Å². The third-order valence-electron chi connectivity index (χ3n) is 6.53. The quantitative estimate of drug-likeness (QED) is 0.292. The van der Waals surface area contributed by atoms with Gasteiger partial charge in [0.2, 0.25) is 11.8 Å². The molecule has 38 heavy (non-hydrogen) atoms. The highest BCUT2D eigenvalue weighted by Gasteiger charge is 2.31. The van der Waals surface area contributed by atoms with E-state index in [4.69, 9.17) is 14.7 Å². The fourth-order valence-corrected chi connectivity index (χ4v) is 4.76. The Kier molecular flexibility index (Phi) is 6.47. The summed E-state index contributed by atoms with van der Waals surface area (Å²) in [4.78, 5) is 14.1. The second-order valence-corrected chi connectivity index (χ2v) is 9.02. The average Bonchev–Trinajstić information content (AvgIpc) is 3.53. The van der Waals surface area contributed by atoms with Crippen LogP contribution < -0.4 is 10.1 Å². The Bertz CT molecular complexity index is 1540. The van der Waals surface area contributed by atoms with Gasteiger partial charge in [-0.25, -0.2) is 19.3 Å². The number of hydrogen-bond acceptors (Lipinski definition) is 7. The lowest BCUT2D eigenvalue weighted by atomic mass is 10.1. The van der Waals surface area contributed by atoms with Gasteiger partial charge in [0.1, 0.15) is 18.2 Å². The van der Waals surface area contributed by atoms with Crippen LogP contribution in [-0.4, -0.2) is 42.9 Å². The minimum atomic E-state index is -0.288. The van der Waals surface area contributed by atoms with Gasteiger partial charge in [-0.1, -0.05) is 30.3 Å². The van der Waals surface area contributed by atoms with Crippen LogP contribution in [0.1, 0.15) is 25.2 Å². The predicted octanol–water partition coefficient (Wildman–Crippen LogP) is 5.60. The molecule has 0 radical (unpaired) electrons. The van der Waals surface area contributed by atoms with Crippen LogP contribution in [0.25, 0.3) is 33.9 Å². The smallest absolute Gasteiger partial charge is 0.233 e. The number of benzene rings is 2. The Labute approximate surface area is 219 Å². The molecular formula is C29H26FN7O. The number of hydrogen-bond donors (Lipinski definition) is 1. The molecule has 0 amide bonds. The molecule has 1 atom stereocenters. The lowest BCUT2D eigenvalue weighted by Gasteiger charge is -2.18. The van der Waals surface area contributed by atoms with Gasteiger partial charge in [0, 0.05) is 36.4 Å². The Morgan fingerprint density at radius 1 is 0.921 bits per heavy atom. The molecular weight excluding hydrogens is 481 g/mol. The predicted molar refractivity (Wildman–Crippen MR) is 143 cm³/mol. The molecule has 0 bridgehead atoms. The summed E-state index contributed by atoms with van der Waals surface area (Å²) in [6, 6.07) is 22.0. The van der Waals surface area contributed by atoms with Crippen LogP contribution in [0.5, 0.6) is 5.88 Å². The first-order valence-electron chi connectivity index (χ1n) is 12.7. The molecule has 0 aliphatic carbocycles. The van der Waals surface area contributed by atoms with Gasteiger partial charge in [0.05, 0.1) is 28.8 Å². The van der Waals surface area contributed by atoms with Crippen LogP contribution in [0, 0.1) is 5.82 Å². The van der Waals surface area contributed by atoms with E-state index in [1.807, 2.05) is 55.5 Å². The minimum Gasteiger partial charge on any atom is -0.474 e. The van der Waals surface area contributed by atoms with E-state index in [0.717, 1.165) is 52.6 Å². The van der Waals surface area contributed by atoms with Crippen molar-refractivity contribution in [3.63, 3.8) is 0 Å². The number of nitrogens with one attached hydrogen (secondary N) is 1. The summed E-state index contributed by atoms with van der Waals surface area (Å²) in [6.07, 6.45) is 3.41. The molecule has 5 aromatic rings. The summed E-state index contributed by atoms with van der Waals surface area (Å²) in [5.41, 5.74) is 5.00. The molecule has 3 aromatic heterocycles. The molecule has 8 nitrogen and oxygen atoms in total. The number of halogens is 1. The third kappa shape index (κ3) is 4.70. The molecule has 190 valence electrons. The van der Waals surface area contributed by atoms with E-state index in [-0.39, 0.29) is 11.9 Å². The second-order valence-electron chi connectivity index (χ2n) is 9.02. The summed E-state index contributed by atoms with van der Waals surface area (Å²) in [5, 5.41) is 11.8. The normalized spacial score (nSPS) is 14.3. The number of nitrogens with zero attached hydrogens (tertiary/aromatic N) is 6. The van der Waals surface area contributed by atoms with Crippen molar-refractivity contribution in [3.05, 3.63) is 90.6 Å². The molecule has 0 spiro atoms. The Balaban J connectivity index is 1.31. The van der Waals surface area contributed by atoms with Crippen LogP contribution >= 0.6 is 0 Å². The number of fused-ring (bicyclic) bond motifs is 1. The Hall–Kier alpha value is -4.66. The number of rotatable bonds is 8. The van der Waals surface area contributed by atoms with Gasteiger partial charge in [-0.05, 0) is 49.7 Å². The number of anilines is 1. The molecule has 1 unspecified atom stereocenters. The van der Waals surface area contributed by atoms with E-state index >= 15 is 0 Å². The number of aromatic nitrogens is 6. The number of aryl methyl sites for hydroxylation is 1. The summed E-state index contributed by atoms with van der Waals surface area (Å²) in [7, 11) is 0. The third-order valence-corrected chi connectivity index (χ3v) is 6.53. The lowest BCUT2D eigenvalue weighted by molar-refractivity contribution is 0.245. The largest absolute Gasteiger partial charge is 0.474 e. The average molecular weight is 508 g/mol. The molecule has 1 aliphatic rings. The second kappa shape index (κ2) is 10.4. The fraction of sp³-hybridized carbons (Fsp3) is 0.207. The highest BCUT2D eigenvalue weighted by Crippen LogP contribution is 2.39. The molecule has 0 saturated heterocycles. The SMILES string of the molecule is CCNc1nccc(-c2c(-c3ccc(F)cc3)nc3n2C(COc2ccc(-c4ccccc4)nn2)CC3)n1. The molecule has 0 fully saturated rings. The van der Waals surface area contributed by atoms with Crippen molar-refractivity contribution in [2.24, 2.45) is 0 Å². The highest BCUT2D eigenvalue weighted by atomic mass is 19.1. The van der Waals surface area contributed by atoms with E-state index in [2.05, 4.69) is 25.1 Å². The van der Waals surface area contributed by atoms with Crippen LogP contribution in [0.2, 0.25) is 0 Å². The molecule has 2 aromatic carbocycles. The zero-order valence-corrected chi connectivity index (χ0v) is 20.9. The van der Waals surface area contributed by atoms with Crippen LogP contribution in [0.4, 0.5) is 10.3 Å². The van der Waals surface area contributed by atoms with E-state index < -0.39 is 0 Å². The molecule has 4 heterocycles. The lowest BCUT2D eigenvalue weighted by Crippen LogP contribution is -2.16. The highest BCUT2D eigenvalue weighted by molar-refractivity contribution is 5.78. The van der Waals surface area contributed by atoms with Gasteiger partial charge in [0.25, 0.3) is 0 Å². The van der Waals surface area contributed by atoms with Gasteiger partial charge in [-0.3, -0.25) is 0 Å². The van der Waals surface area contributed by atoms with Gasteiger partial charge in [0.15, 0.2) is 0 Å². The molecule has 6 rings (SSSR count). The van der Waals surface area contributed by atoms with Gasteiger partial charge >= 0.3 is 0 Å². The van der Waals surface area contributed by atoms with Crippen molar-refractivity contribution in [1.82, 2.24) is 29.7 Å².